The molecule has 1 aliphatic rings. The Bertz CT molecular complexity index is 1250. The van der Waals surface area contributed by atoms with Crippen LogP contribution in [0.15, 0.2) is 47.4 Å². The number of carboxylic acid groups (broad SMARTS) is 1. The van der Waals surface area contributed by atoms with Gasteiger partial charge in [-0.25, -0.2) is 9.18 Å². The molecule has 3 aromatic rings. The highest BCUT2D eigenvalue weighted by molar-refractivity contribution is 5.94. The Labute approximate surface area is 175 Å². The van der Waals surface area contributed by atoms with Gasteiger partial charge in [0.05, 0.1) is 16.1 Å². The molecular formula is C21H19FN4O5. The molecule has 10 heteroatoms. The summed E-state index contributed by atoms with van der Waals surface area (Å²) in [5, 5.41) is 20.3. The van der Waals surface area contributed by atoms with Crippen LogP contribution in [0.1, 0.15) is 10.4 Å². The van der Waals surface area contributed by atoms with Crippen molar-refractivity contribution in [3.63, 3.8) is 0 Å². The van der Waals surface area contributed by atoms with Crippen LogP contribution >= 0.6 is 0 Å². The molecule has 1 fully saturated rings. The van der Waals surface area contributed by atoms with Crippen LogP contribution in [0.2, 0.25) is 0 Å². The largest absolute Gasteiger partial charge is 0.477 e. The molecule has 0 spiro atoms. The number of likely N-dealkylation sites (N-methyl/N-ethyl adjacent to an activating group) is 1. The van der Waals surface area contributed by atoms with Gasteiger partial charge in [-0.1, -0.05) is 0 Å². The van der Waals surface area contributed by atoms with Gasteiger partial charge in [-0.3, -0.25) is 14.9 Å². The van der Waals surface area contributed by atoms with E-state index in [-0.39, 0.29) is 11.1 Å². The summed E-state index contributed by atoms with van der Waals surface area (Å²) in [6.07, 6.45) is 1.17. The summed E-state index contributed by atoms with van der Waals surface area (Å²) in [6.45, 7) is 2.72. The number of halogens is 1. The summed E-state index contributed by atoms with van der Waals surface area (Å²) in [7, 11) is 1.98. The van der Waals surface area contributed by atoms with E-state index in [0.717, 1.165) is 19.2 Å². The third-order valence-electron chi connectivity index (χ3n) is 5.49. The number of hydrogen-bond donors (Lipinski definition) is 1. The second-order valence-electron chi connectivity index (χ2n) is 7.43. The molecule has 1 saturated heterocycles. The number of carboxylic acids is 1. The average Bonchev–Trinajstić information content (AvgIpc) is 2.74. The summed E-state index contributed by atoms with van der Waals surface area (Å²) in [5.41, 5.74) is -0.384. The van der Waals surface area contributed by atoms with Crippen LogP contribution in [0.5, 0.6) is 0 Å². The maximum absolute atomic E-state index is 15.0. The zero-order valence-corrected chi connectivity index (χ0v) is 16.6. The molecule has 0 unspecified atom stereocenters. The van der Waals surface area contributed by atoms with Crippen molar-refractivity contribution in [2.45, 2.75) is 0 Å². The van der Waals surface area contributed by atoms with E-state index >= 15 is 0 Å². The number of rotatable bonds is 4. The third kappa shape index (κ3) is 3.73. The van der Waals surface area contributed by atoms with Gasteiger partial charge in [0.15, 0.2) is 0 Å². The predicted octanol–water partition coefficient (Wildman–Crippen LogP) is 2.49. The molecule has 1 N–H and O–H groups in total. The predicted molar refractivity (Wildman–Crippen MR) is 113 cm³/mol. The highest BCUT2D eigenvalue weighted by Crippen LogP contribution is 2.28. The Morgan fingerprint density at radius 1 is 1.13 bits per heavy atom. The molecule has 0 saturated carbocycles. The number of pyridine rings is 1. The van der Waals surface area contributed by atoms with E-state index in [2.05, 4.69) is 4.90 Å². The molecule has 0 bridgehead atoms. The zero-order chi connectivity index (χ0) is 22.3. The van der Waals surface area contributed by atoms with Crippen LogP contribution in [0, 0.1) is 15.9 Å². The van der Waals surface area contributed by atoms with Crippen LogP contribution in [0.25, 0.3) is 16.6 Å². The highest BCUT2D eigenvalue weighted by atomic mass is 19.1. The molecule has 160 valence electrons. The quantitative estimate of drug-likeness (QED) is 0.504. The van der Waals surface area contributed by atoms with E-state index in [0.29, 0.717) is 30.0 Å². The van der Waals surface area contributed by atoms with Gasteiger partial charge >= 0.3 is 5.97 Å². The molecule has 2 heterocycles. The number of anilines is 1. The summed E-state index contributed by atoms with van der Waals surface area (Å²) < 4.78 is 16.4. The fourth-order valence-corrected chi connectivity index (χ4v) is 3.72. The van der Waals surface area contributed by atoms with Gasteiger partial charge in [0.1, 0.15) is 11.4 Å². The smallest absolute Gasteiger partial charge is 0.341 e. The number of fused-ring (bicyclic) bond motifs is 1. The van der Waals surface area contributed by atoms with Gasteiger partial charge in [-0.15, -0.1) is 0 Å². The number of nitro groups is 1. The minimum Gasteiger partial charge on any atom is -0.477 e. The summed E-state index contributed by atoms with van der Waals surface area (Å²) in [6, 6.07) is 8.07. The van der Waals surface area contributed by atoms with Gasteiger partial charge in [0.25, 0.3) is 5.69 Å². The summed E-state index contributed by atoms with van der Waals surface area (Å²) in [5.74, 6) is -2.04. The number of aromatic nitrogens is 1. The van der Waals surface area contributed by atoms with Crippen LogP contribution < -0.4 is 10.3 Å². The number of aromatic carboxylic acids is 1. The second-order valence-corrected chi connectivity index (χ2v) is 7.43. The fraction of sp³-hybridized carbons (Fsp3) is 0.238. The average molecular weight is 426 g/mol. The minimum atomic E-state index is -1.44. The topological polar surface area (TPSA) is 109 Å². The first-order valence-electron chi connectivity index (χ1n) is 9.57. The molecule has 4 rings (SSSR count). The van der Waals surface area contributed by atoms with Crippen LogP contribution in [-0.4, -0.2) is 58.7 Å². The fourth-order valence-electron chi connectivity index (χ4n) is 3.72. The van der Waals surface area contributed by atoms with Gasteiger partial charge < -0.3 is 19.5 Å². The standard InChI is InChI=1S/C21H19FN4O5/c1-23-6-8-24(9-7-23)19-11-18-15(10-17(19)22)20(27)16(21(28)29)12-25(18)13-2-4-14(5-3-13)26(30)31/h2-5,10-12H,6-9H2,1H3,(H,28,29). The SMILES string of the molecule is CN1CCN(c2cc3c(cc2F)c(=O)c(C(=O)O)cn3-c2ccc([N+](=O)[O-])cc2)CC1. The Hall–Kier alpha value is -3.79. The second kappa shape index (κ2) is 7.80. The maximum Gasteiger partial charge on any atom is 0.341 e. The molecule has 0 amide bonds. The first-order chi connectivity index (χ1) is 14.8. The number of benzene rings is 2. The van der Waals surface area contributed by atoms with E-state index in [1.807, 2.05) is 11.9 Å². The number of piperazine rings is 1. The van der Waals surface area contributed by atoms with Crippen molar-refractivity contribution >= 4 is 28.2 Å². The molecule has 0 atom stereocenters. The van der Waals surface area contributed by atoms with Crippen LogP contribution in [0.3, 0.4) is 0 Å². The van der Waals surface area contributed by atoms with E-state index in [9.17, 15) is 29.2 Å². The van der Waals surface area contributed by atoms with Crippen molar-refractivity contribution in [2.24, 2.45) is 0 Å². The van der Waals surface area contributed by atoms with Crippen molar-refractivity contribution < 1.29 is 19.2 Å². The molecule has 2 aromatic carbocycles. The first-order valence-corrected chi connectivity index (χ1v) is 9.57. The van der Waals surface area contributed by atoms with E-state index in [4.69, 9.17) is 0 Å². The number of non-ortho nitro benzene ring substituents is 1. The monoisotopic (exact) mass is 426 g/mol. The molecule has 0 radical (unpaired) electrons. The van der Waals surface area contributed by atoms with Crippen LogP contribution in [0.4, 0.5) is 15.8 Å². The Morgan fingerprint density at radius 2 is 1.77 bits per heavy atom. The highest BCUT2D eigenvalue weighted by Gasteiger charge is 2.22. The van der Waals surface area contributed by atoms with Gasteiger partial charge in [-0.2, -0.15) is 0 Å². The lowest BCUT2D eigenvalue weighted by atomic mass is 10.1. The molecule has 1 aromatic heterocycles. The molecule has 1 aliphatic heterocycles. The lowest BCUT2D eigenvalue weighted by molar-refractivity contribution is -0.384. The Balaban J connectivity index is 1.95. The number of nitro benzene ring substituents is 1. The Morgan fingerprint density at radius 3 is 2.35 bits per heavy atom. The lowest BCUT2D eigenvalue weighted by Gasteiger charge is -2.34. The van der Waals surface area contributed by atoms with Gasteiger partial charge in [0.2, 0.25) is 5.43 Å². The zero-order valence-electron chi connectivity index (χ0n) is 16.6. The lowest BCUT2D eigenvalue weighted by Crippen LogP contribution is -2.44. The van der Waals surface area contributed by atoms with E-state index < -0.39 is 27.7 Å². The van der Waals surface area contributed by atoms with Crippen molar-refractivity contribution in [1.29, 1.82) is 0 Å². The maximum atomic E-state index is 15.0. The Kier molecular flexibility index (Phi) is 5.15. The summed E-state index contributed by atoms with van der Waals surface area (Å²) in [4.78, 5) is 38.7. The normalized spacial score (nSPS) is 14.7. The van der Waals surface area contributed by atoms with Gasteiger partial charge in [0, 0.05) is 55.6 Å². The van der Waals surface area contributed by atoms with E-state index in [1.54, 1.807) is 0 Å². The summed E-state index contributed by atoms with van der Waals surface area (Å²) >= 11 is 0. The molecule has 31 heavy (non-hydrogen) atoms. The van der Waals surface area contributed by atoms with Crippen molar-refractivity contribution in [1.82, 2.24) is 9.47 Å². The van der Waals surface area contributed by atoms with Crippen molar-refractivity contribution in [3.05, 3.63) is 74.3 Å². The number of hydrogen-bond acceptors (Lipinski definition) is 6. The number of nitrogens with zero attached hydrogens (tertiary/aromatic N) is 4. The number of carbonyl (C=O) groups is 1. The van der Waals surface area contributed by atoms with Crippen molar-refractivity contribution in [2.75, 3.05) is 38.1 Å². The molecule has 0 aliphatic carbocycles. The van der Waals surface area contributed by atoms with E-state index in [1.165, 1.54) is 41.1 Å². The third-order valence-corrected chi connectivity index (χ3v) is 5.49. The first kappa shape index (κ1) is 20.5. The van der Waals surface area contributed by atoms with Crippen molar-refractivity contribution in [3.8, 4) is 5.69 Å². The van der Waals surface area contributed by atoms with Crippen LogP contribution in [-0.2, 0) is 0 Å². The van der Waals surface area contributed by atoms with Gasteiger partial charge in [-0.05, 0) is 31.3 Å². The molecular weight excluding hydrogens is 407 g/mol. The minimum absolute atomic E-state index is 0.0753. The molecule has 9 nitrogen and oxygen atoms in total.